The molecule has 2 unspecified atom stereocenters. The average Bonchev–Trinajstić information content (AvgIpc) is 3.08. The standard InChI is InChI=1S/C38H62N4O6S/c1-5-6-20-33(38(46)40-34(27-31-18-12-8-13-19-31)36(44)35(43)25-29(2)3)39-37(45)32(26-30-16-10-7-11-17-30)28-49(47,48)41(4)23-24-42-21-14-9-15-22-42/h1,7,10-11,16-17,29,31-36,43-44H,6,8-9,12-15,18-28H2,2-4H3,(H,39,45)(H,40,46)/t32-,33?,34?,35+,36-/m1/s1. The molecular weight excluding hydrogens is 641 g/mol. The zero-order valence-electron chi connectivity index (χ0n) is 30.1. The number of likely N-dealkylation sites (N-methyl/N-ethyl adjacent to an activating group) is 1. The van der Waals surface area contributed by atoms with Gasteiger partial charge in [-0.15, -0.1) is 12.3 Å². The Morgan fingerprint density at radius 2 is 1.65 bits per heavy atom. The van der Waals surface area contributed by atoms with Crippen molar-refractivity contribution in [1.82, 2.24) is 19.8 Å². The van der Waals surface area contributed by atoms with E-state index in [4.69, 9.17) is 6.42 Å². The van der Waals surface area contributed by atoms with Crippen molar-refractivity contribution in [3.63, 3.8) is 0 Å². The number of nitrogens with one attached hydrogen (secondary N) is 2. The molecule has 1 heterocycles. The Balaban J connectivity index is 1.78. The van der Waals surface area contributed by atoms with Crippen molar-refractivity contribution in [2.75, 3.05) is 39.0 Å². The molecule has 2 fully saturated rings. The van der Waals surface area contributed by atoms with Crippen LogP contribution in [0, 0.1) is 30.1 Å². The molecule has 1 aliphatic heterocycles. The SMILES string of the molecule is C#CCCC(NC(=O)[C@H](Cc1ccccc1)CS(=O)(=O)N(C)CCN1CCCCC1)C(=O)NC(CC1CCCCC1)[C@@H](O)[C@@H](O)CC(C)C. The summed E-state index contributed by atoms with van der Waals surface area (Å²) in [6.07, 6.45) is 13.6. The van der Waals surface area contributed by atoms with Crippen LogP contribution in [0.3, 0.4) is 0 Å². The van der Waals surface area contributed by atoms with E-state index in [9.17, 15) is 28.2 Å². The number of sulfonamides is 1. The van der Waals surface area contributed by atoms with Crippen LogP contribution in [-0.4, -0.2) is 103 Å². The van der Waals surface area contributed by atoms with E-state index in [1.807, 2.05) is 44.2 Å². The normalized spacial score (nSPS) is 19.5. The highest BCUT2D eigenvalue weighted by molar-refractivity contribution is 7.89. The van der Waals surface area contributed by atoms with E-state index in [1.54, 1.807) is 7.05 Å². The molecular formula is C38H62N4O6S. The summed E-state index contributed by atoms with van der Waals surface area (Å²) in [5.74, 6) is 0.604. The fraction of sp³-hybridized carbons (Fsp3) is 0.737. The molecule has 49 heavy (non-hydrogen) atoms. The molecule has 276 valence electrons. The minimum absolute atomic E-state index is 0.148. The quantitative estimate of drug-likeness (QED) is 0.152. The number of carbonyl (C=O) groups is 2. The van der Waals surface area contributed by atoms with Crippen LogP contribution in [0.25, 0.3) is 0 Å². The van der Waals surface area contributed by atoms with E-state index in [0.717, 1.165) is 57.2 Å². The first-order valence-corrected chi connectivity index (χ1v) is 20.1. The predicted molar refractivity (Wildman–Crippen MR) is 195 cm³/mol. The highest BCUT2D eigenvalue weighted by Gasteiger charge is 2.35. The predicted octanol–water partition coefficient (Wildman–Crippen LogP) is 3.71. The number of aliphatic hydroxyl groups is 2. The molecule has 0 bridgehead atoms. The summed E-state index contributed by atoms with van der Waals surface area (Å²) in [6, 6.07) is 7.52. The molecule has 1 aromatic rings. The lowest BCUT2D eigenvalue weighted by Gasteiger charge is -2.34. The van der Waals surface area contributed by atoms with Gasteiger partial charge in [0.1, 0.15) is 12.1 Å². The first-order chi connectivity index (χ1) is 23.4. The van der Waals surface area contributed by atoms with Gasteiger partial charge in [0, 0.05) is 26.6 Å². The van der Waals surface area contributed by atoms with Crippen LogP contribution in [0.2, 0.25) is 0 Å². The highest BCUT2D eigenvalue weighted by atomic mass is 32.2. The number of likely N-dealkylation sites (tertiary alicyclic amines) is 1. The summed E-state index contributed by atoms with van der Waals surface area (Å²) in [5.41, 5.74) is 0.813. The van der Waals surface area contributed by atoms with E-state index >= 15 is 0 Å². The molecule has 0 radical (unpaired) electrons. The number of rotatable bonds is 20. The van der Waals surface area contributed by atoms with Crippen LogP contribution in [0.5, 0.6) is 0 Å². The zero-order valence-corrected chi connectivity index (χ0v) is 30.9. The molecule has 0 aromatic heterocycles. The van der Waals surface area contributed by atoms with Gasteiger partial charge in [-0.05, 0) is 69.0 Å². The number of hydrogen-bond acceptors (Lipinski definition) is 7. The maximum atomic E-state index is 14.0. The molecule has 1 aromatic carbocycles. The zero-order chi connectivity index (χ0) is 35.8. The van der Waals surface area contributed by atoms with Gasteiger partial charge in [0.2, 0.25) is 21.8 Å². The van der Waals surface area contributed by atoms with E-state index in [1.165, 1.54) is 17.1 Å². The maximum absolute atomic E-state index is 14.0. The Morgan fingerprint density at radius 1 is 1.00 bits per heavy atom. The number of amides is 2. The van der Waals surface area contributed by atoms with Gasteiger partial charge < -0.3 is 25.7 Å². The lowest BCUT2D eigenvalue weighted by atomic mass is 9.82. The average molecular weight is 703 g/mol. The topological polar surface area (TPSA) is 139 Å². The second-order valence-corrected chi connectivity index (χ2v) is 16.9. The third kappa shape index (κ3) is 14.3. The smallest absolute Gasteiger partial charge is 0.242 e. The Labute approximate surface area is 295 Å². The third-order valence-electron chi connectivity index (χ3n) is 10.1. The van der Waals surface area contributed by atoms with Gasteiger partial charge in [-0.25, -0.2) is 12.7 Å². The molecule has 1 aliphatic carbocycles. The summed E-state index contributed by atoms with van der Waals surface area (Å²) < 4.78 is 28.6. The van der Waals surface area contributed by atoms with Gasteiger partial charge in [0.05, 0.1) is 23.8 Å². The van der Waals surface area contributed by atoms with Gasteiger partial charge in [0.15, 0.2) is 0 Å². The second-order valence-electron chi connectivity index (χ2n) is 14.7. The van der Waals surface area contributed by atoms with Crippen LogP contribution in [-0.2, 0) is 26.0 Å². The van der Waals surface area contributed by atoms with Crippen LogP contribution in [0.15, 0.2) is 30.3 Å². The summed E-state index contributed by atoms with van der Waals surface area (Å²) in [7, 11) is -2.25. The molecule has 10 nitrogen and oxygen atoms in total. The van der Waals surface area contributed by atoms with E-state index in [-0.39, 0.29) is 25.2 Å². The van der Waals surface area contributed by atoms with Crippen molar-refractivity contribution in [2.24, 2.45) is 17.8 Å². The maximum Gasteiger partial charge on any atom is 0.242 e. The van der Waals surface area contributed by atoms with Gasteiger partial charge in [0.25, 0.3) is 0 Å². The number of carbonyl (C=O) groups excluding carboxylic acids is 2. The van der Waals surface area contributed by atoms with Gasteiger partial charge in [-0.3, -0.25) is 9.59 Å². The lowest BCUT2D eigenvalue weighted by Crippen LogP contribution is -2.56. The van der Waals surface area contributed by atoms with Gasteiger partial charge in [-0.1, -0.05) is 82.7 Å². The number of benzene rings is 1. The highest BCUT2D eigenvalue weighted by Crippen LogP contribution is 2.29. The number of nitrogens with zero attached hydrogens (tertiary/aromatic N) is 2. The first-order valence-electron chi connectivity index (χ1n) is 18.5. The molecule has 0 spiro atoms. The van der Waals surface area contributed by atoms with Crippen LogP contribution < -0.4 is 10.6 Å². The Kier molecular flexibility index (Phi) is 17.6. The summed E-state index contributed by atoms with van der Waals surface area (Å²) in [6.45, 7) is 6.83. The molecule has 2 amide bonds. The Bertz CT molecular complexity index is 1270. The molecule has 2 aliphatic rings. The Hall–Kier alpha value is -2.49. The molecule has 5 atom stereocenters. The molecule has 11 heteroatoms. The molecule has 1 saturated carbocycles. The number of aliphatic hydroxyl groups excluding tert-OH is 2. The van der Waals surface area contributed by atoms with Gasteiger partial charge >= 0.3 is 0 Å². The van der Waals surface area contributed by atoms with Crippen molar-refractivity contribution < 1.29 is 28.2 Å². The van der Waals surface area contributed by atoms with Crippen LogP contribution >= 0.6 is 0 Å². The van der Waals surface area contributed by atoms with Crippen molar-refractivity contribution >= 4 is 21.8 Å². The minimum atomic E-state index is -3.81. The number of terminal acetylenes is 1. The Morgan fingerprint density at radius 3 is 2.29 bits per heavy atom. The van der Waals surface area contributed by atoms with E-state index < -0.39 is 57.8 Å². The second kappa shape index (κ2) is 21.0. The molecule has 4 N–H and O–H groups in total. The van der Waals surface area contributed by atoms with Crippen molar-refractivity contribution in [2.45, 2.75) is 122 Å². The fourth-order valence-electron chi connectivity index (χ4n) is 7.14. The molecule has 3 rings (SSSR count). The summed E-state index contributed by atoms with van der Waals surface area (Å²) in [4.78, 5) is 30.1. The summed E-state index contributed by atoms with van der Waals surface area (Å²) in [5, 5.41) is 27.9. The van der Waals surface area contributed by atoms with Gasteiger partial charge in [-0.2, -0.15) is 0 Å². The van der Waals surface area contributed by atoms with E-state index in [0.29, 0.717) is 31.8 Å². The largest absolute Gasteiger partial charge is 0.390 e. The summed E-state index contributed by atoms with van der Waals surface area (Å²) >= 11 is 0. The van der Waals surface area contributed by atoms with Crippen LogP contribution in [0.1, 0.15) is 96.5 Å². The van der Waals surface area contributed by atoms with Crippen molar-refractivity contribution in [3.05, 3.63) is 35.9 Å². The first kappa shape index (κ1) is 40.9. The monoisotopic (exact) mass is 702 g/mol. The fourth-order valence-corrected chi connectivity index (χ4v) is 8.53. The molecule has 1 saturated heterocycles. The van der Waals surface area contributed by atoms with Crippen molar-refractivity contribution in [3.8, 4) is 12.3 Å². The third-order valence-corrected chi connectivity index (χ3v) is 12.1. The number of hydrogen-bond donors (Lipinski definition) is 4. The van der Waals surface area contributed by atoms with Crippen molar-refractivity contribution in [1.29, 1.82) is 0 Å². The minimum Gasteiger partial charge on any atom is -0.390 e. The number of piperidine rings is 1. The lowest BCUT2D eigenvalue weighted by molar-refractivity contribution is -0.132. The van der Waals surface area contributed by atoms with Crippen LogP contribution in [0.4, 0.5) is 0 Å². The van der Waals surface area contributed by atoms with E-state index in [2.05, 4.69) is 21.5 Å².